The lowest BCUT2D eigenvalue weighted by Crippen LogP contribution is -2.08. The number of nitrogens with two attached hydrogens (primary N) is 1. The third-order valence-corrected chi connectivity index (χ3v) is 2.89. The van der Waals surface area contributed by atoms with Crippen LogP contribution in [-0.4, -0.2) is 0 Å². The van der Waals surface area contributed by atoms with E-state index in [4.69, 9.17) is 22.6 Å². The van der Waals surface area contributed by atoms with Crippen molar-refractivity contribution in [3.63, 3.8) is 0 Å². The second-order valence-electron chi connectivity index (χ2n) is 3.54. The summed E-state index contributed by atoms with van der Waals surface area (Å²) in [4.78, 5) is 0. The monoisotopic (exact) mass is 210 g/mol. The van der Waals surface area contributed by atoms with Crippen molar-refractivity contribution in [3.05, 3.63) is 28.5 Å². The second kappa shape index (κ2) is 2.86. The number of nitrogens with zero attached hydrogens (tertiary/aromatic N) is 1. The number of rotatable bonds is 1. The molecule has 0 radical (unpaired) electrons. The van der Waals surface area contributed by atoms with Crippen LogP contribution in [0.3, 0.4) is 0 Å². The number of anilines is 1. The lowest BCUT2D eigenvalue weighted by Gasteiger charge is -2.11. The summed E-state index contributed by atoms with van der Waals surface area (Å²) in [5.41, 5.74) is 5.97. The van der Waals surface area contributed by atoms with Crippen LogP contribution in [0.15, 0.2) is 12.1 Å². The van der Waals surface area contributed by atoms with E-state index in [-0.39, 0.29) is 5.02 Å². The summed E-state index contributed by atoms with van der Waals surface area (Å²) in [6, 6.07) is 4.62. The van der Waals surface area contributed by atoms with Gasteiger partial charge in [0.25, 0.3) is 0 Å². The molecule has 2 rings (SSSR count). The highest BCUT2D eigenvalue weighted by molar-refractivity contribution is 6.33. The van der Waals surface area contributed by atoms with Gasteiger partial charge in [0.1, 0.15) is 5.82 Å². The van der Waals surface area contributed by atoms with Gasteiger partial charge in [-0.2, -0.15) is 5.26 Å². The zero-order chi connectivity index (χ0) is 10.3. The molecular weight excluding hydrogens is 203 g/mol. The fourth-order valence-corrected chi connectivity index (χ4v) is 1.75. The minimum atomic E-state index is -0.587. The van der Waals surface area contributed by atoms with E-state index >= 15 is 0 Å². The van der Waals surface area contributed by atoms with Crippen LogP contribution in [0, 0.1) is 17.1 Å². The molecule has 0 aliphatic heterocycles. The standard InChI is InChI=1S/C10H8ClFN2/c11-8-4-6(12)3-7(9(8)14)10(5-13)1-2-10/h3-4H,1-2,14H2. The smallest absolute Gasteiger partial charge is 0.125 e. The minimum absolute atomic E-state index is 0.182. The lowest BCUT2D eigenvalue weighted by atomic mass is 9.96. The van der Waals surface area contributed by atoms with Gasteiger partial charge in [0.2, 0.25) is 0 Å². The largest absolute Gasteiger partial charge is 0.397 e. The molecule has 1 saturated carbocycles. The Morgan fingerprint density at radius 1 is 1.50 bits per heavy atom. The Balaban J connectivity index is 2.59. The molecule has 0 unspecified atom stereocenters. The Bertz CT molecular complexity index is 432. The molecule has 0 atom stereocenters. The van der Waals surface area contributed by atoms with E-state index in [1.165, 1.54) is 6.07 Å². The normalized spacial score (nSPS) is 17.5. The molecule has 2 N–H and O–H groups in total. The molecule has 1 aliphatic carbocycles. The number of benzene rings is 1. The summed E-state index contributed by atoms with van der Waals surface area (Å²) >= 11 is 5.74. The highest BCUT2D eigenvalue weighted by Gasteiger charge is 2.46. The van der Waals surface area contributed by atoms with Gasteiger partial charge in [-0.05, 0) is 30.5 Å². The van der Waals surface area contributed by atoms with Gasteiger partial charge in [0.15, 0.2) is 0 Å². The molecule has 0 heterocycles. The van der Waals surface area contributed by atoms with Crippen molar-refractivity contribution in [2.75, 3.05) is 5.73 Å². The van der Waals surface area contributed by atoms with Crippen molar-refractivity contribution in [3.8, 4) is 6.07 Å². The van der Waals surface area contributed by atoms with Crippen LogP contribution in [0.25, 0.3) is 0 Å². The predicted octanol–water partition coefficient (Wildman–Crippen LogP) is 2.62. The SMILES string of the molecule is N#CC1(c2cc(F)cc(Cl)c2N)CC1. The van der Waals surface area contributed by atoms with E-state index in [0.29, 0.717) is 11.3 Å². The zero-order valence-electron chi connectivity index (χ0n) is 7.35. The van der Waals surface area contributed by atoms with E-state index in [2.05, 4.69) is 6.07 Å². The van der Waals surface area contributed by atoms with Gasteiger partial charge in [-0.15, -0.1) is 0 Å². The molecule has 0 saturated heterocycles. The van der Waals surface area contributed by atoms with E-state index in [1.54, 1.807) is 0 Å². The predicted molar refractivity (Wildman–Crippen MR) is 52.3 cm³/mol. The zero-order valence-corrected chi connectivity index (χ0v) is 8.11. The molecule has 1 aromatic rings. The fourth-order valence-electron chi connectivity index (χ4n) is 1.55. The maximum Gasteiger partial charge on any atom is 0.125 e. The first kappa shape index (κ1) is 9.29. The van der Waals surface area contributed by atoms with Gasteiger partial charge >= 0.3 is 0 Å². The molecule has 0 aromatic heterocycles. The molecule has 2 nitrogen and oxygen atoms in total. The maximum atomic E-state index is 13.1. The summed E-state index contributed by atoms with van der Waals surface area (Å²) in [5.74, 6) is -0.444. The molecule has 1 fully saturated rings. The van der Waals surface area contributed by atoms with Crippen molar-refractivity contribution in [1.29, 1.82) is 5.26 Å². The first-order valence-electron chi connectivity index (χ1n) is 4.25. The quantitative estimate of drug-likeness (QED) is 0.725. The Labute approximate surface area is 86.1 Å². The molecular formula is C10H8ClFN2. The maximum absolute atomic E-state index is 13.1. The number of hydrogen-bond donors (Lipinski definition) is 1. The van der Waals surface area contributed by atoms with Crippen LogP contribution < -0.4 is 5.73 Å². The molecule has 1 aliphatic rings. The summed E-state index contributed by atoms with van der Waals surface area (Å²) in [7, 11) is 0. The van der Waals surface area contributed by atoms with Crippen molar-refractivity contribution < 1.29 is 4.39 Å². The topological polar surface area (TPSA) is 49.8 Å². The number of nitriles is 1. The van der Waals surface area contributed by atoms with Gasteiger partial charge in [-0.3, -0.25) is 0 Å². The minimum Gasteiger partial charge on any atom is -0.397 e. The molecule has 0 bridgehead atoms. The fraction of sp³-hybridized carbons (Fsp3) is 0.300. The van der Waals surface area contributed by atoms with Crippen molar-refractivity contribution in [2.45, 2.75) is 18.3 Å². The van der Waals surface area contributed by atoms with Crippen molar-refractivity contribution in [1.82, 2.24) is 0 Å². The summed E-state index contributed by atoms with van der Waals surface area (Å²) in [6.45, 7) is 0. The van der Waals surface area contributed by atoms with E-state index in [1.807, 2.05) is 0 Å². The van der Waals surface area contributed by atoms with Crippen molar-refractivity contribution >= 4 is 17.3 Å². The van der Waals surface area contributed by atoms with E-state index in [9.17, 15) is 4.39 Å². The molecule has 72 valence electrons. The van der Waals surface area contributed by atoms with Crippen LogP contribution in [0.1, 0.15) is 18.4 Å². The first-order valence-corrected chi connectivity index (χ1v) is 4.63. The van der Waals surface area contributed by atoms with Crippen LogP contribution in [0.5, 0.6) is 0 Å². The van der Waals surface area contributed by atoms with Crippen LogP contribution in [0.4, 0.5) is 10.1 Å². The summed E-state index contributed by atoms with van der Waals surface area (Å²) in [5, 5.41) is 9.13. The molecule has 0 amide bonds. The highest BCUT2D eigenvalue weighted by atomic mass is 35.5. The Morgan fingerprint density at radius 2 is 2.14 bits per heavy atom. The van der Waals surface area contributed by atoms with Gasteiger partial charge in [-0.25, -0.2) is 4.39 Å². The van der Waals surface area contributed by atoms with Gasteiger partial charge in [0, 0.05) is 0 Å². The van der Waals surface area contributed by atoms with Gasteiger partial charge in [0.05, 0.1) is 22.2 Å². The molecule has 4 heteroatoms. The van der Waals surface area contributed by atoms with Crippen LogP contribution >= 0.6 is 11.6 Å². The number of hydrogen-bond acceptors (Lipinski definition) is 2. The van der Waals surface area contributed by atoms with Crippen LogP contribution in [-0.2, 0) is 5.41 Å². The first-order chi connectivity index (χ1) is 6.59. The Kier molecular flexibility index (Phi) is 1.90. The average Bonchev–Trinajstić information content (AvgIpc) is 2.92. The van der Waals surface area contributed by atoms with Crippen molar-refractivity contribution in [2.24, 2.45) is 0 Å². The van der Waals surface area contributed by atoms with Gasteiger partial charge in [-0.1, -0.05) is 11.6 Å². The van der Waals surface area contributed by atoms with E-state index < -0.39 is 11.2 Å². The Hall–Kier alpha value is -1.27. The molecule has 0 spiro atoms. The van der Waals surface area contributed by atoms with Crippen LogP contribution in [0.2, 0.25) is 5.02 Å². The third-order valence-electron chi connectivity index (χ3n) is 2.57. The third kappa shape index (κ3) is 1.23. The van der Waals surface area contributed by atoms with E-state index in [0.717, 1.165) is 18.9 Å². The molecule has 1 aromatic carbocycles. The average molecular weight is 211 g/mol. The second-order valence-corrected chi connectivity index (χ2v) is 3.95. The highest BCUT2D eigenvalue weighted by Crippen LogP contribution is 2.50. The molecule has 14 heavy (non-hydrogen) atoms. The lowest BCUT2D eigenvalue weighted by molar-refractivity contribution is 0.624. The van der Waals surface area contributed by atoms with Gasteiger partial charge < -0.3 is 5.73 Å². The Morgan fingerprint density at radius 3 is 2.64 bits per heavy atom. The summed E-state index contributed by atoms with van der Waals surface area (Å²) in [6.07, 6.45) is 1.46. The summed E-state index contributed by atoms with van der Waals surface area (Å²) < 4.78 is 13.1. The number of halogens is 2. The number of nitrogen functional groups attached to an aromatic ring is 1.